The minimum absolute atomic E-state index is 0.265. The fraction of sp³-hybridized carbons (Fsp3) is 0.200. The van der Waals surface area contributed by atoms with Crippen molar-refractivity contribution in [1.82, 2.24) is 0 Å². The lowest BCUT2D eigenvalue weighted by atomic mass is 9.88. The topological polar surface area (TPSA) is 26.0 Å². The zero-order valence-corrected chi connectivity index (χ0v) is 15.7. The summed E-state index contributed by atoms with van der Waals surface area (Å²) in [7, 11) is 0. The second-order valence-electron chi connectivity index (χ2n) is 7.08. The molecule has 3 rings (SSSR count). The molecule has 0 spiro atoms. The molecule has 2 N–H and O–H groups in total. The molecule has 26 heavy (non-hydrogen) atoms. The van der Waals surface area contributed by atoms with Crippen LogP contribution in [0.3, 0.4) is 0 Å². The standard InChI is InChI=1S/C25H27N/c1-3-18-25(2,26)23-16-14-20(15-17-23)19-24(21-10-6-4-7-11-21)22-12-8-5-9-13-22/h4-17,19H,3,18,26H2,1-2H3. The Bertz CT molecular complexity index is 802. The molecule has 1 nitrogen and oxygen atoms in total. The molecule has 0 aromatic heterocycles. The smallest absolute Gasteiger partial charge is 0.0380 e. The Morgan fingerprint density at radius 2 is 1.31 bits per heavy atom. The summed E-state index contributed by atoms with van der Waals surface area (Å²) in [5.41, 5.74) is 12.2. The third-order valence-corrected chi connectivity index (χ3v) is 4.82. The average molecular weight is 341 g/mol. The fourth-order valence-electron chi connectivity index (χ4n) is 3.36. The Morgan fingerprint density at radius 3 is 1.77 bits per heavy atom. The number of nitrogens with two attached hydrogens (primary N) is 1. The molecular formula is C25H27N. The lowest BCUT2D eigenvalue weighted by Crippen LogP contribution is -2.32. The molecule has 1 atom stereocenters. The van der Waals surface area contributed by atoms with E-state index in [9.17, 15) is 0 Å². The molecule has 0 saturated carbocycles. The van der Waals surface area contributed by atoms with Crippen molar-refractivity contribution in [3.05, 3.63) is 107 Å². The van der Waals surface area contributed by atoms with Crippen molar-refractivity contribution in [2.45, 2.75) is 32.2 Å². The van der Waals surface area contributed by atoms with Gasteiger partial charge in [0.2, 0.25) is 0 Å². The summed E-state index contributed by atoms with van der Waals surface area (Å²) >= 11 is 0. The van der Waals surface area contributed by atoms with E-state index in [2.05, 4.69) is 105 Å². The van der Waals surface area contributed by atoms with Gasteiger partial charge in [0.25, 0.3) is 0 Å². The van der Waals surface area contributed by atoms with Gasteiger partial charge in [0.1, 0.15) is 0 Å². The van der Waals surface area contributed by atoms with Crippen molar-refractivity contribution in [2.75, 3.05) is 0 Å². The lowest BCUT2D eigenvalue weighted by Gasteiger charge is -2.24. The zero-order valence-electron chi connectivity index (χ0n) is 15.7. The summed E-state index contributed by atoms with van der Waals surface area (Å²) in [6, 6.07) is 29.7. The van der Waals surface area contributed by atoms with Gasteiger partial charge in [0.15, 0.2) is 0 Å². The highest BCUT2D eigenvalue weighted by molar-refractivity contribution is 5.91. The van der Waals surface area contributed by atoms with Crippen molar-refractivity contribution >= 4 is 11.6 Å². The molecule has 0 aliphatic heterocycles. The van der Waals surface area contributed by atoms with E-state index in [-0.39, 0.29) is 5.54 Å². The first-order valence-corrected chi connectivity index (χ1v) is 9.32. The van der Waals surface area contributed by atoms with Crippen molar-refractivity contribution in [3.63, 3.8) is 0 Å². The Hall–Kier alpha value is -2.64. The number of hydrogen-bond acceptors (Lipinski definition) is 1. The van der Waals surface area contributed by atoms with Gasteiger partial charge in [0.05, 0.1) is 0 Å². The molecule has 0 amide bonds. The van der Waals surface area contributed by atoms with E-state index in [1.165, 1.54) is 27.8 Å². The Morgan fingerprint density at radius 1 is 0.808 bits per heavy atom. The summed E-state index contributed by atoms with van der Waals surface area (Å²) in [4.78, 5) is 0. The quantitative estimate of drug-likeness (QED) is 0.527. The van der Waals surface area contributed by atoms with Gasteiger partial charge in [-0.25, -0.2) is 0 Å². The highest BCUT2D eigenvalue weighted by Gasteiger charge is 2.19. The first-order chi connectivity index (χ1) is 12.6. The number of rotatable bonds is 6. The average Bonchev–Trinajstić information content (AvgIpc) is 2.68. The highest BCUT2D eigenvalue weighted by atomic mass is 14.7. The molecule has 0 aliphatic carbocycles. The molecule has 1 heteroatoms. The Balaban J connectivity index is 1.99. The van der Waals surface area contributed by atoms with Gasteiger partial charge in [-0.15, -0.1) is 0 Å². The largest absolute Gasteiger partial charge is 0.322 e. The normalized spacial score (nSPS) is 13.0. The summed E-state index contributed by atoms with van der Waals surface area (Å²) in [6.45, 7) is 4.29. The van der Waals surface area contributed by atoms with Gasteiger partial charge in [-0.05, 0) is 47.2 Å². The van der Waals surface area contributed by atoms with E-state index in [4.69, 9.17) is 5.73 Å². The molecule has 0 radical (unpaired) electrons. The molecule has 1 unspecified atom stereocenters. The van der Waals surface area contributed by atoms with Crippen LogP contribution in [0.2, 0.25) is 0 Å². The first kappa shape index (κ1) is 18.2. The second kappa shape index (κ2) is 8.16. The zero-order chi connectivity index (χ0) is 18.4. The van der Waals surface area contributed by atoms with E-state index in [0.29, 0.717) is 0 Å². The van der Waals surface area contributed by atoms with Crippen LogP contribution < -0.4 is 5.73 Å². The van der Waals surface area contributed by atoms with Crippen LogP contribution in [0.15, 0.2) is 84.9 Å². The van der Waals surface area contributed by atoms with Gasteiger partial charge in [0, 0.05) is 5.54 Å². The maximum absolute atomic E-state index is 6.47. The highest BCUT2D eigenvalue weighted by Crippen LogP contribution is 2.28. The number of hydrogen-bond donors (Lipinski definition) is 1. The van der Waals surface area contributed by atoms with Gasteiger partial charge >= 0.3 is 0 Å². The van der Waals surface area contributed by atoms with Crippen molar-refractivity contribution in [2.24, 2.45) is 5.73 Å². The maximum Gasteiger partial charge on any atom is 0.0380 e. The van der Waals surface area contributed by atoms with Crippen LogP contribution in [0.25, 0.3) is 11.6 Å². The van der Waals surface area contributed by atoms with Gasteiger partial charge < -0.3 is 5.73 Å². The van der Waals surface area contributed by atoms with Crippen LogP contribution in [0.1, 0.15) is 48.9 Å². The van der Waals surface area contributed by atoms with Crippen molar-refractivity contribution in [1.29, 1.82) is 0 Å². The SMILES string of the molecule is CCCC(C)(N)c1ccc(C=C(c2ccccc2)c2ccccc2)cc1. The molecule has 132 valence electrons. The van der Waals surface area contributed by atoms with Crippen LogP contribution in [0, 0.1) is 0 Å². The van der Waals surface area contributed by atoms with Gasteiger partial charge in [-0.3, -0.25) is 0 Å². The van der Waals surface area contributed by atoms with E-state index in [1.807, 2.05) is 0 Å². The van der Waals surface area contributed by atoms with Crippen molar-refractivity contribution in [3.8, 4) is 0 Å². The van der Waals surface area contributed by atoms with Crippen molar-refractivity contribution < 1.29 is 0 Å². The molecule has 0 bridgehead atoms. The van der Waals surface area contributed by atoms with Gasteiger partial charge in [-0.2, -0.15) is 0 Å². The van der Waals surface area contributed by atoms with E-state index in [1.54, 1.807) is 0 Å². The van der Waals surface area contributed by atoms with Crippen LogP contribution in [-0.4, -0.2) is 0 Å². The van der Waals surface area contributed by atoms with Crippen LogP contribution >= 0.6 is 0 Å². The lowest BCUT2D eigenvalue weighted by molar-refractivity contribution is 0.447. The van der Waals surface area contributed by atoms with Gasteiger partial charge in [-0.1, -0.05) is 98.3 Å². The predicted octanol–water partition coefficient (Wildman–Crippen LogP) is 6.25. The minimum atomic E-state index is -0.265. The third-order valence-electron chi connectivity index (χ3n) is 4.82. The van der Waals surface area contributed by atoms with E-state index in [0.717, 1.165) is 12.8 Å². The van der Waals surface area contributed by atoms with Crippen LogP contribution in [0.4, 0.5) is 0 Å². The monoisotopic (exact) mass is 341 g/mol. The summed E-state index contributed by atoms with van der Waals surface area (Å²) < 4.78 is 0. The summed E-state index contributed by atoms with van der Waals surface area (Å²) in [6.07, 6.45) is 4.32. The Kier molecular flexibility index (Phi) is 5.70. The molecule has 0 saturated heterocycles. The summed E-state index contributed by atoms with van der Waals surface area (Å²) in [5.74, 6) is 0. The maximum atomic E-state index is 6.47. The molecule has 3 aromatic carbocycles. The summed E-state index contributed by atoms with van der Waals surface area (Å²) in [5, 5.41) is 0. The fourth-order valence-corrected chi connectivity index (χ4v) is 3.36. The molecule has 0 aliphatic rings. The van der Waals surface area contributed by atoms with E-state index >= 15 is 0 Å². The predicted molar refractivity (Wildman–Crippen MR) is 113 cm³/mol. The molecule has 0 heterocycles. The number of benzene rings is 3. The Labute approximate surface area is 157 Å². The molecule has 3 aromatic rings. The van der Waals surface area contributed by atoms with Crippen LogP contribution in [0.5, 0.6) is 0 Å². The van der Waals surface area contributed by atoms with E-state index < -0.39 is 0 Å². The van der Waals surface area contributed by atoms with Crippen LogP contribution in [-0.2, 0) is 5.54 Å². The molecular weight excluding hydrogens is 314 g/mol. The third kappa shape index (κ3) is 4.30. The first-order valence-electron chi connectivity index (χ1n) is 9.32. The second-order valence-corrected chi connectivity index (χ2v) is 7.08. The molecule has 0 fully saturated rings. The minimum Gasteiger partial charge on any atom is -0.322 e.